The van der Waals surface area contributed by atoms with Crippen molar-refractivity contribution in [2.45, 2.75) is 38.6 Å². The van der Waals surface area contributed by atoms with E-state index in [1.807, 2.05) is 20.0 Å². The summed E-state index contributed by atoms with van der Waals surface area (Å²) < 4.78 is 0. The van der Waals surface area contributed by atoms with Crippen molar-refractivity contribution in [3.8, 4) is 0 Å². The maximum atomic E-state index is 5.91. The third-order valence-electron chi connectivity index (χ3n) is 5.22. The molecule has 7 nitrogen and oxygen atoms in total. The molecule has 2 fully saturated rings. The van der Waals surface area contributed by atoms with E-state index < -0.39 is 0 Å². The Morgan fingerprint density at radius 3 is 2.44 bits per heavy atom. The third kappa shape index (κ3) is 3.28. The minimum Gasteiger partial charge on any atom is -0.353 e. The predicted octanol–water partition coefficient (Wildman–Crippen LogP) is 1.41. The molecule has 0 unspecified atom stereocenters. The van der Waals surface area contributed by atoms with Crippen molar-refractivity contribution in [1.29, 1.82) is 0 Å². The standard InChI is InChI=1S/C18H25N7/c1-12-10-20-13(2)18(23-12)25-5-3-24(4-6-25)17-9-16(21-11-22-17)14-7-15(19)8-14/h9-11,14-15H,3-8,19H2,1-2H3. The number of piperazine rings is 1. The van der Waals surface area contributed by atoms with Crippen LogP contribution in [0.4, 0.5) is 11.6 Å². The fraction of sp³-hybridized carbons (Fsp3) is 0.556. The smallest absolute Gasteiger partial charge is 0.150 e. The van der Waals surface area contributed by atoms with E-state index in [-0.39, 0.29) is 0 Å². The molecule has 2 aliphatic rings. The first-order chi connectivity index (χ1) is 12.1. The van der Waals surface area contributed by atoms with Crippen molar-refractivity contribution in [3.63, 3.8) is 0 Å². The van der Waals surface area contributed by atoms with Crippen molar-refractivity contribution < 1.29 is 0 Å². The van der Waals surface area contributed by atoms with Gasteiger partial charge < -0.3 is 15.5 Å². The van der Waals surface area contributed by atoms with Crippen molar-refractivity contribution in [2.75, 3.05) is 36.0 Å². The molecule has 2 aromatic rings. The highest BCUT2D eigenvalue weighted by Gasteiger charge is 2.29. The van der Waals surface area contributed by atoms with Gasteiger partial charge in [-0.1, -0.05) is 0 Å². The minimum absolute atomic E-state index is 0.339. The molecule has 132 valence electrons. The third-order valence-corrected chi connectivity index (χ3v) is 5.22. The van der Waals surface area contributed by atoms with Gasteiger partial charge in [-0.3, -0.25) is 4.98 Å². The molecule has 0 aromatic carbocycles. The van der Waals surface area contributed by atoms with E-state index in [1.54, 1.807) is 6.33 Å². The fourth-order valence-corrected chi connectivity index (χ4v) is 3.63. The Morgan fingerprint density at radius 2 is 1.72 bits per heavy atom. The number of anilines is 2. The summed E-state index contributed by atoms with van der Waals surface area (Å²) >= 11 is 0. The number of nitrogens with zero attached hydrogens (tertiary/aromatic N) is 6. The summed E-state index contributed by atoms with van der Waals surface area (Å²) in [6.45, 7) is 7.71. The second kappa shape index (κ2) is 6.55. The minimum atomic E-state index is 0.339. The normalized spacial score (nSPS) is 23.5. The highest BCUT2D eigenvalue weighted by molar-refractivity contribution is 5.47. The largest absolute Gasteiger partial charge is 0.353 e. The fourth-order valence-electron chi connectivity index (χ4n) is 3.63. The van der Waals surface area contributed by atoms with Crippen LogP contribution in [0.3, 0.4) is 0 Å². The van der Waals surface area contributed by atoms with Crippen LogP contribution in [0.1, 0.15) is 35.8 Å². The Labute approximate surface area is 148 Å². The van der Waals surface area contributed by atoms with Gasteiger partial charge in [-0.25, -0.2) is 15.0 Å². The lowest BCUT2D eigenvalue weighted by atomic mass is 9.78. The zero-order chi connectivity index (χ0) is 17.4. The maximum Gasteiger partial charge on any atom is 0.150 e. The molecule has 1 saturated carbocycles. The van der Waals surface area contributed by atoms with E-state index in [0.717, 1.165) is 67.7 Å². The van der Waals surface area contributed by atoms with Crippen LogP contribution in [0.2, 0.25) is 0 Å². The summed E-state index contributed by atoms with van der Waals surface area (Å²) in [5.74, 6) is 2.53. The molecule has 0 atom stereocenters. The van der Waals surface area contributed by atoms with Gasteiger partial charge in [0, 0.05) is 56.1 Å². The second-order valence-corrected chi connectivity index (χ2v) is 7.12. The van der Waals surface area contributed by atoms with Crippen molar-refractivity contribution >= 4 is 11.6 Å². The van der Waals surface area contributed by atoms with Gasteiger partial charge in [0.15, 0.2) is 0 Å². The summed E-state index contributed by atoms with van der Waals surface area (Å²) in [5, 5.41) is 0. The molecule has 1 saturated heterocycles. The topological polar surface area (TPSA) is 84.1 Å². The van der Waals surface area contributed by atoms with E-state index in [4.69, 9.17) is 5.73 Å². The quantitative estimate of drug-likeness (QED) is 0.905. The van der Waals surface area contributed by atoms with Gasteiger partial charge in [0.05, 0.1) is 11.4 Å². The Balaban J connectivity index is 1.43. The number of aromatic nitrogens is 4. The lowest BCUT2D eigenvalue weighted by Gasteiger charge is -2.37. The van der Waals surface area contributed by atoms with E-state index in [9.17, 15) is 0 Å². The van der Waals surface area contributed by atoms with Crippen LogP contribution in [-0.2, 0) is 0 Å². The van der Waals surface area contributed by atoms with Crippen LogP contribution in [0.5, 0.6) is 0 Å². The Bertz CT molecular complexity index is 749. The molecule has 25 heavy (non-hydrogen) atoms. The van der Waals surface area contributed by atoms with Crippen LogP contribution in [0, 0.1) is 13.8 Å². The summed E-state index contributed by atoms with van der Waals surface area (Å²) in [4.78, 5) is 22.7. The summed E-state index contributed by atoms with van der Waals surface area (Å²) in [5.41, 5.74) is 8.99. The summed E-state index contributed by atoms with van der Waals surface area (Å²) in [6, 6.07) is 2.48. The molecule has 3 heterocycles. The number of rotatable bonds is 3. The highest BCUT2D eigenvalue weighted by atomic mass is 15.3. The molecular formula is C18H25N7. The first kappa shape index (κ1) is 16.2. The van der Waals surface area contributed by atoms with Gasteiger partial charge in [-0.15, -0.1) is 0 Å². The van der Waals surface area contributed by atoms with Gasteiger partial charge in [0.1, 0.15) is 18.0 Å². The zero-order valence-corrected chi connectivity index (χ0v) is 14.9. The molecule has 2 N–H and O–H groups in total. The first-order valence-electron chi connectivity index (χ1n) is 8.98. The predicted molar refractivity (Wildman–Crippen MR) is 97.9 cm³/mol. The van der Waals surface area contributed by atoms with Crippen LogP contribution in [0.15, 0.2) is 18.6 Å². The molecular weight excluding hydrogens is 314 g/mol. The number of hydrogen-bond acceptors (Lipinski definition) is 7. The SMILES string of the molecule is Cc1cnc(C)c(N2CCN(c3cc(C4CC(N)C4)ncn3)CC2)n1. The maximum absolute atomic E-state index is 5.91. The summed E-state index contributed by atoms with van der Waals surface area (Å²) in [6.07, 6.45) is 5.59. The lowest BCUT2D eigenvalue weighted by Crippen LogP contribution is -2.47. The van der Waals surface area contributed by atoms with Crippen molar-refractivity contribution in [2.24, 2.45) is 5.73 Å². The molecule has 7 heteroatoms. The highest BCUT2D eigenvalue weighted by Crippen LogP contribution is 2.35. The zero-order valence-electron chi connectivity index (χ0n) is 14.9. The molecule has 0 bridgehead atoms. The van der Waals surface area contributed by atoms with Crippen molar-refractivity contribution in [1.82, 2.24) is 19.9 Å². The average Bonchev–Trinajstić information content (AvgIpc) is 2.61. The summed E-state index contributed by atoms with van der Waals surface area (Å²) in [7, 11) is 0. The Morgan fingerprint density at radius 1 is 1.00 bits per heavy atom. The van der Waals surface area contributed by atoms with Crippen molar-refractivity contribution in [3.05, 3.63) is 35.7 Å². The molecule has 0 radical (unpaired) electrons. The molecule has 2 aromatic heterocycles. The lowest BCUT2D eigenvalue weighted by molar-refractivity contribution is 0.345. The number of hydrogen-bond donors (Lipinski definition) is 1. The second-order valence-electron chi connectivity index (χ2n) is 7.12. The van der Waals surface area contributed by atoms with E-state index in [1.165, 1.54) is 0 Å². The van der Waals surface area contributed by atoms with Crippen LogP contribution < -0.4 is 15.5 Å². The first-order valence-corrected chi connectivity index (χ1v) is 8.98. The van der Waals surface area contributed by atoms with E-state index in [2.05, 4.69) is 35.8 Å². The molecule has 4 rings (SSSR count). The molecule has 0 spiro atoms. The number of aryl methyl sites for hydroxylation is 2. The van der Waals surface area contributed by atoms with Crippen LogP contribution in [0.25, 0.3) is 0 Å². The van der Waals surface area contributed by atoms with Gasteiger partial charge in [-0.2, -0.15) is 0 Å². The van der Waals surface area contributed by atoms with Gasteiger partial charge >= 0.3 is 0 Å². The van der Waals surface area contributed by atoms with Crippen LogP contribution in [-0.4, -0.2) is 52.2 Å². The van der Waals surface area contributed by atoms with Gasteiger partial charge in [0.25, 0.3) is 0 Å². The van der Waals surface area contributed by atoms with E-state index in [0.29, 0.717) is 12.0 Å². The Hall–Kier alpha value is -2.28. The molecule has 1 aliphatic heterocycles. The molecule has 0 amide bonds. The average molecular weight is 339 g/mol. The Kier molecular flexibility index (Phi) is 4.25. The van der Waals surface area contributed by atoms with Gasteiger partial charge in [0.2, 0.25) is 0 Å². The molecule has 1 aliphatic carbocycles. The van der Waals surface area contributed by atoms with E-state index >= 15 is 0 Å². The number of nitrogens with two attached hydrogens (primary N) is 1. The monoisotopic (exact) mass is 339 g/mol. The van der Waals surface area contributed by atoms with Gasteiger partial charge in [-0.05, 0) is 26.7 Å². The van der Waals surface area contributed by atoms with Crippen LogP contribution >= 0.6 is 0 Å².